The fourth-order valence-electron chi connectivity index (χ4n) is 3.61. The van der Waals surface area contributed by atoms with E-state index in [0.29, 0.717) is 18.5 Å². The van der Waals surface area contributed by atoms with Gasteiger partial charge in [0.1, 0.15) is 18.1 Å². The lowest BCUT2D eigenvalue weighted by atomic mass is 9.98. The number of nitrogens with one attached hydrogen (secondary N) is 4. The highest BCUT2D eigenvalue weighted by Crippen LogP contribution is 2.10. The van der Waals surface area contributed by atoms with Gasteiger partial charge in [0, 0.05) is 24.9 Å². The van der Waals surface area contributed by atoms with Gasteiger partial charge in [0.25, 0.3) is 0 Å². The van der Waals surface area contributed by atoms with E-state index < -0.39 is 47.9 Å². The number of carboxylic acids is 1. The highest BCUT2D eigenvalue weighted by atomic mass is 16.4. The Hall–Kier alpha value is -3.68. The van der Waals surface area contributed by atoms with E-state index in [-0.39, 0.29) is 43.6 Å². The molecule has 5 atom stereocenters. The predicted molar refractivity (Wildman–Crippen MR) is 143 cm³/mol. The first-order valence-electron chi connectivity index (χ1n) is 12.8. The van der Waals surface area contributed by atoms with Gasteiger partial charge in [-0.25, -0.2) is 9.78 Å². The summed E-state index contributed by atoms with van der Waals surface area (Å²) in [5.74, 6) is -3.19. The molecule has 214 valence electrons. The molecule has 1 heterocycles. The van der Waals surface area contributed by atoms with Crippen molar-refractivity contribution in [2.75, 3.05) is 6.54 Å². The SMILES string of the molecule is CCC(C)C(N)C(=O)NC(Cc1cnc[nH]1)C(=O)NC(CC(C)C)C(=O)NC(CCCN=C(N)N)C(=O)O. The summed E-state index contributed by atoms with van der Waals surface area (Å²) in [5.41, 5.74) is 17.2. The van der Waals surface area contributed by atoms with Gasteiger partial charge >= 0.3 is 5.97 Å². The van der Waals surface area contributed by atoms with E-state index in [4.69, 9.17) is 17.2 Å². The summed E-state index contributed by atoms with van der Waals surface area (Å²) in [6.07, 6.45) is 4.40. The van der Waals surface area contributed by atoms with Crippen molar-refractivity contribution in [3.63, 3.8) is 0 Å². The summed E-state index contributed by atoms with van der Waals surface area (Å²) in [4.78, 5) is 61.5. The number of nitrogens with two attached hydrogens (primary N) is 3. The maximum atomic E-state index is 13.3. The van der Waals surface area contributed by atoms with E-state index >= 15 is 0 Å². The number of hydrogen-bond acceptors (Lipinski definition) is 7. The van der Waals surface area contributed by atoms with Gasteiger partial charge in [-0.05, 0) is 31.1 Å². The number of hydrogen-bond donors (Lipinski definition) is 8. The van der Waals surface area contributed by atoms with Crippen LogP contribution in [-0.2, 0) is 25.6 Å². The minimum atomic E-state index is -1.22. The third-order valence-electron chi connectivity index (χ3n) is 6.07. The van der Waals surface area contributed by atoms with Crippen molar-refractivity contribution >= 4 is 29.7 Å². The number of aromatic nitrogens is 2. The molecular formula is C24H43N9O5. The van der Waals surface area contributed by atoms with E-state index in [2.05, 4.69) is 30.9 Å². The molecule has 0 saturated heterocycles. The van der Waals surface area contributed by atoms with Gasteiger partial charge in [0.05, 0.1) is 12.4 Å². The van der Waals surface area contributed by atoms with Crippen LogP contribution in [0.4, 0.5) is 0 Å². The predicted octanol–water partition coefficient (Wildman–Crippen LogP) is -1.04. The van der Waals surface area contributed by atoms with E-state index in [1.807, 2.05) is 27.7 Å². The van der Waals surface area contributed by atoms with E-state index in [1.54, 1.807) is 0 Å². The van der Waals surface area contributed by atoms with Crippen LogP contribution < -0.4 is 33.2 Å². The Balaban J connectivity index is 3.02. The molecule has 14 heteroatoms. The average Bonchev–Trinajstić information content (AvgIpc) is 3.36. The number of nitrogens with zero attached hydrogens (tertiary/aromatic N) is 2. The minimum absolute atomic E-state index is 0.00401. The molecule has 1 aromatic heterocycles. The molecule has 14 nitrogen and oxygen atoms in total. The van der Waals surface area contributed by atoms with Crippen molar-refractivity contribution in [1.82, 2.24) is 25.9 Å². The Morgan fingerprint density at radius 2 is 1.63 bits per heavy atom. The molecule has 11 N–H and O–H groups in total. The molecule has 0 fully saturated rings. The summed E-state index contributed by atoms with van der Waals surface area (Å²) >= 11 is 0. The number of imidazole rings is 1. The second-order valence-electron chi connectivity index (χ2n) is 9.79. The van der Waals surface area contributed by atoms with Crippen LogP contribution in [0.1, 0.15) is 59.1 Å². The molecule has 0 bridgehead atoms. The van der Waals surface area contributed by atoms with Crippen LogP contribution in [0, 0.1) is 11.8 Å². The Morgan fingerprint density at radius 3 is 2.16 bits per heavy atom. The summed E-state index contributed by atoms with van der Waals surface area (Å²) < 4.78 is 0. The first-order valence-corrected chi connectivity index (χ1v) is 12.8. The third-order valence-corrected chi connectivity index (χ3v) is 6.07. The molecule has 0 spiro atoms. The topological polar surface area (TPSA) is 244 Å². The van der Waals surface area contributed by atoms with Crippen LogP contribution in [0.25, 0.3) is 0 Å². The second-order valence-corrected chi connectivity index (χ2v) is 9.79. The monoisotopic (exact) mass is 537 g/mol. The number of carbonyl (C=O) groups excluding carboxylic acids is 3. The van der Waals surface area contributed by atoms with E-state index in [1.165, 1.54) is 12.5 Å². The van der Waals surface area contributed by atoms with Gasteiger partial charge in [-0.15, -0.1) is 0 Å². The van der Waals surface area contributed by atoms with Gasteiger partial charge in [0.15, 0.2) is 5.96 Å². The highest BCUT2D eigenvalue weighted by Gasteiger charge is 2.31. The first-order chi connectivity index (χ1) is 17.8. The normalized spacial score (nSPS) is 15.0. The minimum Gasteiger partial charge on any atom is -0.480 e. The first kappa shape index (κ1) is 32.3. The summed E-state index contributed by atoms with van der Waals surface area (Å²) in [7, 11) is 0. The Labute approximate surface area is 223 Å². The van der Waals surface area contributed by atoms with Crippen LogP contribution in [0.15, 0.2) is 17.5 Å². The Morgan fingerprint density at radius 1 is 1.03 bits per heavy atom. The summed E-state index contributed by atoms with van der Waals surface area (Å²) in [5, 5.41) is 17.4. The molecule has 5 unspecified atom stereocenters. The lowest BCUT2D eigenvalue weighted by Gasteiger charge is -2.26. The van der Waals surface area contributed by atoms with Crippen molar-refractivity contribution in [2.45, 2.75) is 84.0 Å². The Bertz CT molecular complexity index is 932. The number of carboxylic acid groups (broad SMARTS) is 1. The lowest BCUT2D eigenvalue weighted by Crippen LogP contribution is -2.58. The van der Waals surface area contributed by atoms with Gasteiger partial charge in [-0.2, -0.15) is 0 Å². The number of aromatic amines is 1. The lowest BCUT2D eigenvalue weighted by molar-refractivity contribution is -0.142. The number of aliphatic imine (C=N–C) groups is 1. The largest absolute Gasteiger partial charge is 0.480 e. The number of H-pyrrole nitrogens is 1. The molecular weight excluding hydrogens is 494 g/mol. The number of carbonyl (C=O) groups is 4. The van der Waals surface area contributed by atoms with Crippen LogP contribution in [0.5, 0.6) is 0 Å². The van der Waals surface area contributed by atoms with E-state index in [0.717, 1.165) is 0 Å². The standard InChI is InChI=1S/C24H43N9O5/c1-5-14(4)19(25)22(36)33-18(10-15-11-28-12-30-15)21(35)32-17(9-13(2)3)20(34)31-16(23(37)38)7-6-8-29-24(26)27/h11-14,16-19H,5-10,25H2,1-4H3,(H,28,30)(H,31,34)(H,32,35)(H,33,36)(H,37,38)(H4,26,27,29). The molecule has 0 aromatic carbocycles. The fourth-order valence-corrected chi connectivity index (χ4v) is 3.61. The maximum absolute atomic E-state index is 13.3. The third kappa shape index (κ3) is 11.6. The van der Waals surface area contributed by atoms with Crippen molar-refractivity contribution in [2.24, 2.45) is 34.0 Å². The summed E-state index contributed by atoms with van der Waals surface area (Å²) in [6.45, 7) is 7.69. The second kappa shape index (κ2) is 16.2. The molecule has 0 radical (unpaired) electrons. The van der Waals surface area contributed by atoms with Crippen molar-refractivity contribution < 1.29 is 24.3 Å². The van der Waals surface area contributed by atoms with Crippen molar-refractivity contribution in [1.29, 1.82) is 0 Å². The average molecular weight is 538 g/mol. The molecule has 1 rings (SSSR count). The quantitative estimate of drug-likeness (QED) is 0.0686. The zero-order valence-corrected chi connectivity index (χ0v) is 22.6. The van der Waals surface area contributed by atoms with Crippen molar-refractivity contribution in [3.8, 4) is 0 Å². The molecule has 0 aliphatic rings. The molecule has 3 amide bonds. The number of amides is 3. The smallest absolute Gasteiger partial charge is 0.326 e. The fraction of sp³-hybridized carbons (Fsp3) is 0.667. The van der Waals surface area contributed by atoms with Crippen LogP contribution >= 0.6 is 0 Å². The molecule has 0 aliphatic carbocycles. The number of guanidine groups is 1. The maximum Gasteiger partial charge on any atom is 0.326 e. The molecule has 1 aromatic rings. The Kier molecular flexibility index (Phi) is 13.8. The van der Waals surface area contributed by atoms with Gasteiger partial charge in [-0.1, -0.05) is 34.1 Å². The molecule has 0 saturated carbocycles. The molecule has 0 aliphatic heterocycles. The van der Waals surface area contributed by atoms with Gasteiger partial charge in [-0.3, -0.25) is 19.4 Å². The number of rotatable bonds is 17. The zero-order chi connectivity index (χ0) is 28.8. The van der Waals surface area contributed by atoms with Crippen LogP contribution in [0.2, 0.25) is 0 Å². The van der Waals surface area contributed by atoms with Crippen LogP contribution in [0.3, 0.4) is 0 Å². The van der Waals surface area contributed by atoms with Gasteiger partial charge in [0.2, 0.25) is 17.7 Å². The highest BCUT2D eigenvalue weighted by molar-refractivity contribution is 5.94. The van der Waals surface area contributed by atoms with Crippen LogP contribution in [-0.4, -0.2) is 75.4 Å². The number of aliphatic carboxylic acids is 1. The van der Waals surface area contributed by atoms with Gasteiger partial charge < -0.3 is 43.2 Å². The zero-order valence-electron chi connectivity index (χ0n) is 22.6. The van der Waals surface area contributed by atoms with E-state index in [9.17, 15) is 24.3 Å². The van der Waals surface area contributed by atoms with Crippen molar-refractivity contribution in [3.05, 3.63) is 18.2 Å². The summed E-state index contributed by atoms with van der Waals surface area (Å²) in [6, 6.07) is -4.10. The molecule has 38 heavy (non-hydrogen) atoms.